The number of nitrogens with zero attached hydrogens (tertiary/aromatic N) is 4. The number of carbonyl (C=O) groups excluding carboxylic acids is 2. The van der Waals surface area contributed by atoms with Crippen LogP contribution in [0.4, 0.5) is 10.1 Å². The predicted octanol–water partition coefficient (Wildman–Crippen LogP) is 3.84. The first kappa shape index (κ1) is 21.4. The van der Waals surface area contributed by atoms with E-state index in [2.05, 4.69) is 20.6 Å². The second-order valence-electron chi connectivity index (χ2n) is 6.58. The van der Waals surface area contributed by atoms with E-state index in [9.17, 15) is 14.0 Å². The molecular weight excluding hydrogens is 433 g/mol. The van der Waals surface area contributed by atoms with Gasteiger partial charge < -0.3 is 10.1 Å². The van der Waals surface area contributed by atoms with Gasteiger partial charge in [-0.1, -0.05) is 23.9 Å². The number of ether oxygens (including phenoxy) is 1. The number of fused-ring (bicyclic) bond motifs is 1. The van der Waals surface area contributed by atoms with Gasteiger partial charge in [-0.15, -0.1) is 10.2 Å². The summed E-state index contributed by atoms with van der Waals surface area (Å²) in [6, 6.07) is 16.2. The maximum atomic E-state index is 13.2. The quantitative estimate of drug-likeness (QED) is 0.337. The van der Waals surface area contributed by atoms with Gasteiger partial charge in [0.1, 0.15) is 5.82 Å². The minimum absolute atomic E-state index is 0.0282. The monoisotopic (exact) mass is 451 g/mol. The van der Waals surface area contributed by atoms with Crippen LogP contribution in [-0.2, 0) is 9.53 Å². The average Bonchev–Trinajstić information content (AvgIpc) is 3.21. The van der Waals surface area contributed by atoms with Crippen molar-refractivity contribution in [1.82, 2.24) is 19.8 Å². The second-order valence-corrected chi connectivity index (χ2v) is 7.52. The third-order valence-electron chi connectivity index (χ3n) is 4.40. The Kier molecular flexibility index (Phi) is 6.41. The Morgan fingerprint density at radius 2 is 1.84 bits per heavy atom. The number of esters is 1. The molecule has 0 atom stereocenters. The Bertz CT molecular complexity index is 1280. The van der Waals surface area contributed by atoms with E-state index in [-0.39, 0.29) is 29.6 Å². The van der Waals surface area contributed by atoms with Crippen molar-refractivity contribution in [2.24, 2.45) is 0 Å². The van der Waals surface area contributed by atoms with Crippen molar-refractivity contribution in [1.29, 1.82) is 0 Å². The van der Waals surface area contributed by atoms with E-state index in [4.69, 9.17) is 4.74 Å². The Morgan fingerprint density at radius 3 is 2.62 bits per heavy atom. The maximum absolute atomic E-state index is 13.2. The van der Waals surface area contributed by atoms with E-state index in [0.29, 0.717) is 22.2 Å². The fourth-order valence-electron chi connectivity index (χ4n) is 2.93. The van der Waals surface area contributed by atoms with Gasteiger partial charge in [-0.2, -0.15) is 9.61 Å². The van der Waals surface area contributed by atoms with Crippen LogP contribution in [0.3, 0.4) is 0 Å². The number of aromatic nitrogens is 4. The zero-order valence-corrected chi connectivity index (χ0v) is 17.8. The summed E-state index contributed by atoms with van der Waals surface area (Å²) in [5.41, 5.74) is 2.54. The van der Waals surface area contributed by atoms with Crippen LogP contribution in [-0.4, -0.2) is 44.0 Å². The van der Waals surface area contributed by atoms with Gasteiger partial charge in [0.05, 0.1) is 29.3 Å². The molecular formula is C22H18FN5O3S. The van der Waals surface area contributed by atoms with Gasteiger partial charge in [-0.25, -0.2) is 9.18 Å². The second kappa shape index (κ2) is 9.56. The van der Waals surface area contributed by atoms with Crippen LogP contribution in [0.15, 0.2) is 65.8 Å². The highest BCUT2D eigenvalue weighted by molar-refractivity contribution is 7.99. The molecule has 1 amide bonds. The van der Waals surface area contributed by atoms with Crippen molar-refractivity contribution >= 4 is 35.0 Å². The molecule has 1 N–H and O–H groups in total. The van der Waals surface area contributed by atoms with Crippen molar-refractivity contribution in [3.8, 4) is 11.3 Å². The van der Waals surface area contributed by atoms with Crippen LogP contribution in [0, 0.1) is 5.82 Å². The van der Waals surface area contributed by atoms with Gasteiger partial charge in [-0.05, 0) is 55.5 Å². The van der Waals surface area contributed by atoms with Gasteiger partial charge in [0, 0.05) is 5.56 Å². The lowest BCUT2D eigenvalue weighted by Gasteiger charge is -2.10. The van der Waals surface area contributed by atoms with Gasteiger partial charge in [0.25, 0.3) is 0 Å². The molecule has 0 bridgehead atoms. The normalized spacial score (nSPS) is 10.8. The Balaban J connectivity index is 1.48. The summed E-state index contributed by atoms with van der Waals surface area (Å²) in [7, 11) is 0. The minimum atomic E-state index is -0.503. The summed E-state index contributed by atoms with van der Waals surface area (Å²) in [4.78, 5) is 24.6. The first-order valence-corrected chi connectivity index (χ1v) is 10.7. The van der Waals surface area contributed by atoms with Gasteiger partial charge in [0.15, 0.2) is 5.65 Å². The van der Waals surface area contributed by atoms with Gasteiger partial charge in [0.2, 0.25) is 11.1 Å². The number of thioether (sulfide) groups is 1. The molecule has 2 aromatic heterocycles. The standard InChI is InChI=1S/C22H18FN5O3S/c1-2-31-21(30)16-5-3-4-6-18(16)24-20(29)13-32-22-26-25-19-12-11-17(27-28(19)22)14-7-9-15(23)10-8-14/h3-12H,2,13H2,1H3,(H,24,29). The average molecular weight is 451 g/mol. The third-order valence-corrected chi connectivity index (χ3v) is 5.32. The number of hydrogen-bond acceptors (Lipinski definition) is 7. The predicted molar refractivity (Wildman–Crippen MR) is 118 cm³/mol. The fraction of sp³-hybridized carbons (Fsp3) is 0.136. The lowest BCUT2D eigenvalue weighted by atomic mass is 10.1. The third kappa shape index (κ3) is 4.75. The minimum Gasteiger partial charge on any atom is -0.462 e. The molecule has 0 fully saturated rings. The number of amides is 1. The molecule has 0 radical (unpaired) electrons. The number of benzene rings is 2. The van der Waals surface area contributed by atoms with Crippen LogP contribution in [0.2, 0.25) is 0 Å². The number of hydrogen-bond donors (Lipinski definition) is 1. The Hall–Kier alpha value is -3.79. The van der Waals surface area contributed by atoms with E-state index < -0.39 is 5.97 Å². The summed E-state index contributed by atoms with van der Waals surface area (Å²) >= 11 is 1.15. The summed E-state index contributed by atoms with van der Waals surface area (Å²) < 4.78 is 19.8. The molecule has 0 unspecified atom stereocenters. The first-order chi connectivity index (χ1) is 15.5. The van der Waals surface area contributed by atoms with E-state index in [0.717, 1.165) is 17.3 Å². The summed E-state index contributed by atoms with van der Waals surface area (Å²) in [5.74, 6) is -1.12. The van der Waals surface area contributed by atoms with Crippen molar-refractivity contribution in [2.75, 3.05) is 17.7 Å². The van der Waals surface area contributed by atoms with Crippen molar-refractivity contribution in [3.63, 3.8) is 0 Å². The van der Waals surface area contributed by atoms with E-state index >= 15 is 0 Å². The van der Waals surface area contributed by atoms with Crippen molar-refractivity contribution < 1.29 is 18.7 Å². The molecule has 4 rings (SSSR count). The molecule has 4 aromatic rings. The molecule has 32 heavy (non-hydrogen) atoms. The zero-order chi connectivity index (χ0) is 22.5. The number of nitrogens with one attached hydrogen (secondary N) is 1. The topological polar surface area (TPSA) is 98.5 Å². The molecule has 8 nitrogen and oxygen atoms in total. The van der Waals surface area contributed by atoms with Crippen LogP contribution in [0.1, 0.15) is 17.3 Å². The molecule has 2 heterocycles. The highest BCUT2D eigenvalue weighted by atomic mass is 32.2. The Morgan fingerprint density at radius 1 is 1.06 bits per heavy atom. The molecule has 10 heteroatoms. The van der Waals surface area contributed by atoms with Crippen LogP contribution >= 0.6 is 11.8 Å². The van der Waals surface area contributed by atoms with Crippen LogP contribution in [0.5, 0.6) is 0 Å². The van der Waals surface area contributed by atoms with E-state index in [1.165, 1.54) is 16.6 Å². The number of anilines is 1. The van der Waals surface area contributed by atoms with Gasteiger partial charge in [-0.3, -0.25) is 4.79 Å². The molecule has 0 aliphatic heterocycles. The lowest BCUT2D eigenvalue weighted by Crippen LogP contribution is -2.17. The maximum Gasteiger partial charge on any atom is 0.340 e. The fourth-order valence-corrected chi connectivity index (χ4v) is 3.62. The zero-order valence-electron chi connectivity index (χ0n) is 17.0. The van der Waals surface area contributed by atoms with Crippen LogP contribution < -0.4 is 5.32 Å². The smallest absolute Gasteiger partial charge is 0.340 e. The highest BCUT2D eigenvalue weighted by Crippen LogP contribution is 2.22. The molecule has 0 aliphatic carbocycles. The summed E-state index contributed by atoms with van der Waals surface area (Å²) in [5, 5.41) is 15.8. The summed E-state index contributed by atoms with van der Waals surface area (Å²) in [6.45, 7) is 1.96. The Labute approximate surface area is 186 Å². The lowest BCUT2D eigenvalue weighted by molar-refractivity contribution is -0.113. The summed E-state index contributed by atoms with van der Waals surface area (Å²) in [6.07, 6.45) is 0. The largest absolute Gasteiger partial charge is 0.462 e. The molecule has 2 aromatic carbocycles. The molecule has 0 saturated heterocycles. The molecule has 162 valence electrons. The number of carbonyl (C=O) groups is 2. The van der Waals surface area contributed by atoms with E-state index in [1.54, 1.807) is 55.5 Å². The highest BCUT2D eigenvalue weighted by Gasteiger charge is 2.16. The van der Waals surface area contributed by atoms with Crippen LogP contribution in [0.25, 0.3) is 16.9 Å². The molecule has 0 aliphatic rings. The van der Waals surface area contributed by atoms with Gasteiger partial charge >= 0.3 is 5.97 Å². The number of para-hydroxylation sites is 1. The van der Waals surface area contributed by atoms with E-state index in [1.807, 2.05) is 0 Å². The first-order valence-electron chi connectivity index (χ1n) is 9.72. The van der Waals surface area contributed by atoms with Crippen molar-refractivity contribution in [3.05, 3.63) is 72.0 Å². The number of rotatable bonds is 7. The SMILES string of the molecule is CCOC(=O)c1ccccc1NC(=O)CSc1nnc2ccc(-c3ccc(F)cc3)nn12. The molecule has 0 saturated carbocycles. The number of halogens is 1. The van der Waals surface area contributed by atoms with Crippen molar-refractivity contribution in [2.45, 2.75) is 12.1 Å². The molecule has 0 spiro atoms.